The quantitative estimate of drug-likeness (QED) is 0.838. The van der Waals surface area contributed by atoms with Crippen LogP contribution in [0.5, 0.6) is 0 Å². The first-order valence-electron chi connectivity index (χ1n) is 7.88. The van der Waals surface area contributed by atoms with Crippen molar-refractivity contribution in [2.24, 2.45) is 0 Å². The molecular weight excluding hydrogens is 359 g/mol. The zero-order chi connectivity index (χ0) is 18.6. The Morgan fingerprint density at radius 2 is 1.76 bits per heavy atom. The number of halogens is 2. The summed E-state index contributed by atoms with van der Waals surface area (Å²) in [5.41, 5.74) is 3.36. The van der Waals surface area contributed by atoms with Crippen LogP contribution in [-0.4, -0.2) is 24.9 Å². The summed E-state index contributed by atoms with van der Waals surface area (Å²) in [4.78, 5) is 25.7. The molecule has 0 atom stereocenters. The summed E-state index contributed by atoms with van der Waals surface area (Å²) in [7, 11) is 0. The predicted molar refractivity (Wildman–Crippen MR) is 103 cm³/mol. The van der Waals surface area contributed by atoms with Gasteiger partial charge >= 0.3 is 0 Å². The highest BCUT2D eigenvalue weighted by Gasteiger charge is 2.15. The summed E-state index contributed by atoms with van der Waals surface area (Å²) in [6, 6.07) is 10.5. The van der Waals surface area contributed by atoms with E-state index < -0.39 is 0 Å². The van der Waals surface area contributed by atoms with E-state index in [0.29, 0.717) is 34.4 Å². The molecule has 2 amide bonds. The smallest absolute Gasteiger partial charge is 0.251 e. The summed E-state index contributed by atoms with van der Waals surface area (Å²) in [5.74, 6) is -0.335. The van der Waals surface area contributed by atoms with Crippen LogP contribution < -0.4 is 10.2 Å². The standard InChI is InChI=1S/C19H20Cl2N2O2/c1-12-4-5-15(10-13(12)2)19(25)22-8-9-23(14(3)24)18-7-6-16(20)11-17(18)21/h4-7,10-11H,8-9H2,1-3H3,(H,22,25). The van der Waals surface area contributed by atoms with E-state index in [1.54, 1.807) is 24.3 Å². The lowest BCUT2D eigenvalue weighted by Gasteiger charge is -2.22. The molecule has 1 N–H and O–H groups in total. The molecule has 2 aromatic carbocycles. The number of nitrogens with zero attached hydrogens (tertiary/aromatic N) is 1. The minimum absolute atomic E-state index is 0.162. The Bertz CT molecular complexity index is 806. The average Bonchev–Trinajstić information content (AvgIpc) is 2.54. The third kappa shape index (κ3) is 4.97. The number of benzene rings is 2. The molecule has 0 saturated carbocycles. The summed E-state index contributed by atoms with van der Waals surface area (Å²) in [6.45, 7) is 6.04. The molecule has 2 rings (SSSR count). The van der Waals surface area contributed by atoms with Gasteiger partial charge < -0.3 is 10.2 Å². The van der Waals surface area contributed by atoms with Crippen molar-refractivity contribution >= 4 is 40.7 Å². The van der Waals surface area contributed by atoms with Gasteiger partial charge in [-0.1, -0.05) is 29.3 Å². The van der Waals surface area contributed by atoms with E-state index in [2.05, 4.69) is 5.32 Å². The van der Waals surface area contributed by atoms with Crippen LogP contribution in [0.25, 0.3) is 0 Å². The number of anilines is 1. The van der Waals surface area contributed by atoms with Gasteiger partial charge in [0.15, 0.2) is 0 Å². The minimum atomic E-state index is -0.172. The lowest BCUT2D eigenvalue weighted by atomic mass is 10.1. The van der Waals surface area contributed by atoms with Gasteiger partial charge in [-0.2, -0.15) is 0 Å². The second-order valence-electron chi connectivity index (χ2n) is 5.82. The number of rotatable bonds is 5. The van der Waals surface area contributed by atoms with Crippen LogP contribution in [0.1, 0.15) is 28.4 Å². The number of carbonyl (C=O) groups excluding carboxylic acids is 2. The van der Waals surface area contributed by atoms with Gasteiger partial charge in [-0.05, 0) is 55.3 Å². The largest absolute Gasteiger partial charge is 0.350 e. The molecule has 0 aromatic heterocycles. The number of nitrogens with one attached hydrogen (secondary N) is 1. The van der Waals surface area contributed by atoms with Crippen LogP contribution in [-0.2, 0) is 4.79 Å². The third-order valence-corrected chi connectivity index (χ3v) is 4.51. The van der Waals surface area contributed by atoms with Crippen LogP contribution >= 0.6 is 23.2 Å². The van der Waals surface area contributed by atoms with E-state index in [4.69, 9.17) is 23.2 Å². The Morgan fingerprint density at radius 1 is 1.04 bits per heavy atom. The Kier molecular flexibility index (Phi) is 6.45. The molecule has 132 valence electrons. The van der Waals surface area contributed by atoms with Gasteiger partial charge in [0.25, 0.3) is 5.91 Å². The maximum Gasteiger partial charge on any atom is 0.251 e. The molecule has 0 aliphatic heterocycles. The fourth-order valence-corrected chi connectivity index (χ4v) is 2.92. The molecule has 0 fully saturated rings. The van der Waals surface area contributed by atoms with E-state index in [-0.39, 0.29) is 11.8 Å². The molecule has 4 nitrogen and oxygen atoms in total. The van der Waals surface area contributed by atoms with Crippen LogP contribution in [0.4, 0.5) is 5.69 Å². The van der Waals surface area contributed by atoms with Gasteiger partial charge in [0.05, 0.1) is 10.7 Å². The zero-order valence-corrected chi connectivity index (χ0v) is 15.9. The highest BCUT2D eigenvalue weighted by molar-refractivity contribution is 6.36. The molecule has 0 heterocycles. The van der Waals surface area contributed by atoms with Gasteiger partial charge in [-0.15, -0.1) is 0 Å². The topological polar surface area (TPSA) is 49.4 Å². The molecule has 0 unspecified atom stereocenters. The molecule has 0 aliphatic carbocycles. The molecule has 0 aliphatic rings. The van der Waals surface area contributed by atoms with Gasteiger partial charge in [0.1, 0.15) is 0 Å². The second kappa shape index (κ2) is 8.37. The van der Waals surface area contributed by atoms with E-state index in [9.17, 15) is 9.59 Å². The SMILES string of the molecule is CC(=O)N(CCNC(=O)c1ccc(C)c(C)c1)c1ccc(Cl)cc1Cl. The summed E-state index contributed by atoms with van der Waals surface area (Å²) in [5, 5.41) is 3.72. The second-order valence-corrected chi connectivity index (χ2v) is 6.66. The summed E-state index contributed by atoms with van der Waals surface area (Å²) >= 11 is 12.1. The maximum absolute atomic E-state index is 12.2. The fourth-order valence-electron chi connectivity index (χ4n) is 2.41. The fraction of sp³-hybridized carbons (Fsp3) is 0.263. The monoisotopic (exact) mass is 378 g/mol. The Balaban J connectivity index is 2.03. The Hall–Kier alpha value is -2.04. The van der Waals surface area contributed by atoms with E-state index in [1.807, 2.05) is 26.0 Å². The van der Waals surface area contributed by atoms with Crippen molar-refractivity contribution in [1.29, 1.82) is 0 Å². The van der Waals surface area contributed by atoms with Crippen molar-refractivity contribution in [3.05, 3.63) is 63.1 Å². The summed E-state index contributed by atoms with van der Waals surface area (Å²) < 4.78 is 0. The van der Waals surface area contributed by atoms with Crippen molar-refractivity contribution in [2.45, 2.75) is 20.8 Å². The van der Waals surface area contributed by atoms with Gasteiger partial charge in [-0.25, -0.2) is 0 Å². The Morgan fingerprint density at radius 3 is 2.36 bits per heavy atom. The third-order valence-electron chi connectivity index (χ3n) is 3.97. The van der Waals surface area contributed by atoms with E-state index >= 15 is 0 Å². The molecule has 0 saturated heterocycles. The summed E-state index contributed by atoms with van der Waals surface area (Å²) in [6.07, 6.45) is 0. The Labute approximate surface area is 157 Å². The van der Waals surface area contributed by atoms with Crippen molar-refractivity contribution in [2.75, 3.05) is 18.0 Å². The van der Waals surface area contributed by atoms with Crippen molar-refractivity contribution in [3.8, 4) is 0 Å². The lowest BCUT2D eigenvalue weighted by Crippen LogP contribution is -2.37. The lowest BCUT2D eigenvalue weighted by molar-refractivity contribution is -0.116. The van der Waals surface area contributed by atoms with Gasteiger partial charge in [-0.3, -0.25) is 9.59 Å². The first kappa shape index (κ1) is 19.3. The van der Waals surface area contributed by atoms with Crippen LogP contribution in [0, 0.1) is 13.8 Å². The molecule has 2 aromatic rings. The van der Waals surface area contributed by atoms with Crippen molar-refractivity contribution in [3.63, 3.8) is 0 Å². The first-order valence-corrected chi connectivity index (χ1v) is 8.64. The number of hydrogen-bond acceptors (Lipinski definition) is 2. The van der Waals surface area contributed by atoms with Crippen molar-refractivity contribution < 1.29 is 9.59 Å². The number of hydrogen-bond donors (Lipinski definition) is 1. The van der Waals surface area contributed by atoms with Crippen LogP contribution in [0.2, 0.25) is 10.0 Å². The van der Waals surface area contributed by atoms with Crippen LogP contribution in [0.3, 0.4) is 0 Å². The van der Waals surface area contributed by atoms with Crippen molar-refractivity contribution in [1.82, 2.24) is 5.32 Å². The van der Waals surface area contributed by atoms with E-state index in [1.165, 1.54) is 11.8 Å². The number of amides is 2. The van der Waals surface area contributed by atoms with Crippen LogP contribution in [0.15, 0.2) is 36.4 Å². The average molecular weight is 379 g/mol. The molecular formula is C19H20Cl2N2O2. The predicted octanol–water partition coefficient (Wildman–Crippen LogP) is 4.39. The molecule has 6 heteroatoms. The van der Waals surface area contributed by atoms with E-state index in [0.717, 1.165) is 11.1 Å². The molecule has 0 bridgehead atoms. The number of carbonyl (C=O) groups is 2. The van der Waals surface area contributed by atoms with Gasteiger partial charge in [0.2, 0.25) is 5.91 Å². The minimum Gasteiger partial charge on any atom is -0.350 e. The maximum atomic E-state index is 12.2. The zero-order valence-electron chi connectivity index (χ0n) is 14.4. The highest BCUT2D eigenvalue weighted by Crippen LogP contribution is 2.28. The normalized spacial score (nSPS) is 10.4. The molecule has 0 radical (unpaired) electrons. The number of aryl methyl sites for hydroxylation is 2. The van der Waals surface area contributed by atoms with Gasteiger partial charge in [0, 0.05) is 30.6 Å². The first-order chi connectivity index (χ1) is 11.8. The molecule has 25 heavy (non-hydrogen) atoms. The highest BCUT2D eigenvalue weighted by atomic mass is 35.5. The molecule has 0 spiro atoms.